The van der Waals surface area contributed by atoms with Crippen LogP contribution in [-0.4, -0.2) is 55.4 Å². The molecule has 3 aliphatic rings. The highest BCUT2D eigenvalue weighted by Crippen LogP contribution is 2.37. The Hall–Kier alpha value is -3.24. The number of halogens is 3. The van der Waals surface area contributed by atoms with Gasteiger partial charge >= 0.3 is 6.61 Å². The quantitative estimate of drug-likeness (QED) is 0.657. The smallest absolute Gasteiger partial charge is 0.387 e. The van der Waals surface area contributed by atoms with Crippen molar-refractivity contribution in [3.05, 3.63) is 65.5 Å². The number of carbonyl (C=O) groups excluding carboxylic acids is 1. The van der Waals surface area contributed by atoms with Crippen LogP contribution < -0.4 is 15.0 Å². The highest BCUT2D eigenvalue weighted by atomic mass is 19.3. The molecule has 3 heterocycles. The minimum absolute atomic E-state index is 0.0630. The normalized spacial score (nSPS) is 22.4. The monoisotopic (exact) mass is 490 g/mol. The third-order valence-corrected chi connectivity index (χ3v) is 6.37. The molecular weight excluding hydrogens is 465 g/mol. The molecule has 0 radical (unpaired) electrons. The Bertz CT molecular complexity index is 1090. The van der Waals surface area contributed by atoms with E-state index in [1.807, 2.05) is 6.08 Å². The van der Waals surface area contributed by atoms with Crippen LogP contribution in [-0.2, 0) is 9.57 Å². The Labute approximate surface area is 200 Å². The number of hydroxylamine groups is 1. The fraction of sp³-hybridized carbons (Fsp3) is 0.400. The second-order valence-corrected chi connectivity index (χ2v) is 8.79. The fourth-order valence-corrected chi connectivity index (χ4v) is 4.47. The van der Waals surface area contributed by atoms with E-state index in [1.54, 1.807) is 17.0 Å². The molecule has 0 aliphatic carbocycles. The van der Waals surface area contributed by atoms with Gasteiger partial charge in [0.15, 0.2) is 11.5 Å². The number of benzene rings is 2. The maximum atomic E-state index is 13.1. The molecule has 1 N–H and O–H groups in total. The van der Waals surface area contributed by atoms with Crippen molar-refractivity contribution in [1.29, 1.82) is 0 Å². The number of piperidine rings is 1. The highest BCUT2D eigenvalue weighted by molar-refractivity contribution is 5.94. The van der Waals surface area contributed by atoms with Crippen molar-refractivity contribution < 1.29 is 37.0 Å². The molecule has 3 aliphatic heterocycles. The molecule has 0 aromatic heterocycles. The lowest BCUT2D eigenvalue weighted by Crippen LogP contribution is -2.41. The number of rotatable bonds is 6. The Morgan fingerprint density at radius 2 is 1.89 bits per heavy atom. The topological polar surface area (TPSA) is 69.3 Å². The van der Waals surface area contributed by atoms with Gasteiger partial charge in [-0.3, -0.25) is 15.1 Å². The summed E-state index contributed by atoms with van der Waals surface area (Å²) in [5.74, 6) is -0.458. The van der Waals surface area contributed by atoms with Crippen molar-refractivity contribution in [3.8, 4) is 11.5 Å². The van der Waals surface area contributed by atoms with Crippen molar-refractivity contribution in [2.45, 2.75) is 37.6 Å². The first-order chi connectivity index (χ1) is 16.9. The molecule has 1 spiro atoms. The van der Waals surface area contributed by atoms with Crippen LogP contribution in [0.2, 0.25) is 0 Å². The SMILES string of the molecule is O=C(c1ccc(F)cc1)N1CCC(Oc2cc(C3=CC4(CCOC4)ON3)ccc2OC(F)F)CC1. The number of hydrogen-bond acceptors (Lipinski definition) is 6. The first-order valence-electron chi connectivity index (χ1n) is 11.5. The van der Waals surface area contributed by atoms with Crippen molar-refractivity contribution in [2.75, 3.05) is 26.3 Å². The molecule has 2 aromatic carbocycles. The predicted molar refractivity (Wildman–Crippen MR) is 119 cm³/mol. The van der Waals surface area contributed by atoms with Crippen molar-refractivity contribution in [1.82, 2.24) is 10.4 Å². The van der Waals surface area contributed by atoms with E-state index in [-0.39, 0.29) is 23.5 Å². The Morgan fingerprint density at radius 1 is 1.11 bits per heavy atom. The van der Waals surface area contributed by atoms with Gasteiger partial charge in [-0.1, -0.05) is 0 Å². The third kappa shape index (κ3) is 5.23. The predicted octanol–water partition coefficient (Wildman–Crippen LogP) is 4.15. The van der Waals surface area contributed by atoms with Gasteiger partial charge in [0, 0.05) is 50.1 Å². The molecular formula is C25H25F3N2O5. The molecule has 7 nitrogen and oxygen atoms in total. The summed E-state index contributed by atoms with van der Waals surface area (Å²) in [6, 6.07) is 10.2. The van der Waals surface area contributed by atoms with Gasteiger partial charge in [-0.25, -0.2) is 4.39 Å². The lowest BCUT2D eigenvalue weighted by Gasteiger charge is -2.32. The number of alkyl halides is 2. The van der Waals surface area contributed by atoms with Gasteiger partial charge in [-0.2, -0.15) is 8.78 Å². The lowest BCUT2D eigenvalue weighted by atomic mass is 10.0. The first-order valence-corrected chi connectivity index (χ1v) is 11.5. The molecule has 0 bridgehead atoms. The molecule has 2 fully saturated rings. The van der Waals surface area contributed by atoms with Crippen LogP contribution in [0.3, 0.4) is 0 Å². The molecule has 1 amide bonds. The number of amides is 1. The van der Waals surface area contributed by atoms with E-state index >= 15 is 0 Å². The van der Waals surface area contributed by atoms with Crippen LogP contribution >= 0.6 is 0 Å². The molecule has 2 aromatic rings. The second-order valence-electron chi connectivity index (χ2n) is 8.79. The number of nitrogens with zero attached hydrogens (tertiary/aromatic N) is 1. The summed E-state index contributed by atoms with van der Waals surface area (Å²) in [7, 11) is 0. The number of hydrogen-bond donors (Lipinski definition) is 1. The zero-order chi connectivity index (χ0) is 24.4. The van der Waals surface area contributed by atoms with Crippen molar-refractivity contribution >= 4 is 11.6 Å². The van der Waals surface area contributed by atoms with Gasteiger partial charge < -0.3 is 19.1 Å². The Balaban J connectivity index is 1.28. The van der Waals surface area contributed by atoms with Gasteiger partial charge in [-0.05, 0) is 48.5 Å². The van der Waals surface area contributed by atoms with Crippen LogP contribution in [0.1, 0.15) is 35.2 Å². The van der Waals surface area contributed by atoms with Gasteiger partial charge in [0.2, 0.25) is 0 Å². The Morgan fingerprint density at radius 3 is 2.57 bits per heavy atom. The van der Waals surface area contributed by atoms with E-state index < -0.39 is 18.0 Å². The zero-order valence-corrected chi connectivity index (χ0v) is 18.8. The van der Waals surface area contributed by atoms with E-state index in [0.717, 1.165) is 0 Å². The van der Waals surface area contributed by atoms with Crippen LogP contribution in [0, 0.1) is 5.82 Å². The number of carbonyl (C=O) groups is 1. The zero-order valence-electron chi connectivity index (χ0n) is 18.8. The van der Waals surface area contributed by atoms with Crippen LogP contribution in [0.25, 0.3) is 5.70 Å². The van der Waals surface area contributed by atoms with Crippen LogP contribution in [0.15, 0.2) is 48.5 Å². The third-order valence-electron chi connectivity index (χ3n) is 6.37. The summed E-state index contributed by atoms with van der Waals surface area (Å²) >= 11 is 0. The summed E-state index contributed by atoms with van der Waals surface area (Å²) in [6.07, 6.45) is 3.38. The largest absolute Gasteiger partial charge is 0.486 e. The van der Waals surface area contributed by atoms with E-state index in [1.165, 1.54) is 30.3 Å². The Kier molecular flexibility index (Phi) is 6.57. The van der Waals surface area contributed by atoms with E-state index in [9.17, 15) is 18.0 Å². The maximum Gasteiger partial charge on any atom is 0.387 e. The number of nitrogens with one attached hydrogen (secondary N) is 1. The van der Waals surface area contributed by atoms with Crippen LogP contribution in [0.5, 0.6) is 11.5 Å². The van der Waals surface area contributed by atoms with Gasteiger partial charge in [0.05, 0.1) is 12.3 Å². The summed E-state index contributed by atoms with van der Waals surface area (Å²) < 4.78 is 55.4. The number of likely N-dealkylation sites (tertiary alicyclic amines) is 1. The van der Waals surface area contributed by atoms with Gasteiger partial charge in [-0.15, -0.1) is 0 Å². The highest BCUT2D eigenvalue weighted by Gasteiger charge is 2.39. The van der Waals surface area contributed by atoms with Gasteiger partial charge in [0.1, 0.15) is 17.5 Å². The lowest BCUT2D eigenvalue weighted by molar-refractivity contribution is -0.0525. The summed E-state index contributed by atoms with van der Waals surface area (Å²) in [4.78, 5) is 20.1. The van der Waals surface area contributed by atoms with E-state index in [2.05, 4.69) is 10.2 Å². The maximum absolute atomic E-state index is 13.1. The first kappa shape index (κ1) is 23.5. The standard InChI is InChI=1S/C25H25F3N2O5/c26-18-4-1-16(2-5-18)23(31)30-10-7-19(8-11-30)33-22-13-17(3-6-21(22)34-24(27)28)20-14-25(35-29-20)9-12-32-15-25/h1-6,13-14,19,24,29H,7-12,15H2. The minimum atomic E-state index is -3.00. The van der Waals surface area contributed by atoms with Crippen molar-refractivity contribution in [2.24, 2.45) is 0 Å². The van der Waals surface area contributed by atoms with Gasteiger partial charge in [0.25, 0.3) is 5.91 Å². The molecule has 1 unspecified atom stereocenters. The fourth-order valence-electron chi connectivity index (χ4n) is 4.47. The molecule has 186 valence electrons. The van der Waals surface area contributed by atoms with E-state index in [4.69, 9.17) is 14.3 Å². The summed E-state index contributed by atoms with van der Waals surface area (Å²) in [5, 5.41) is 0. The molecule has 1 atom stereocenters. The molecule has 2 saturated heterocycles. The summed E-state index contributed by atoms with van der Waals surface area (Å²) in [6.45, 7) is -1.11. The molecule has 10 heteroatoms. The molecule has 35 heavy (non-hydrogen) atoms. The average Bonchev–Trinajstić information content (AvgIpc) is 3.50. The molecule has 5 rings (SSSR count). The van der Waals surface area contributed by atoms with Crippen molar-refractivity contribution in [3.63, 3.8) is 0 Å². The minimum Gasteiger partial charge on any atom is -0.486 e. The second kappa shape index (κ2) is 9.79. The van der Waals surface area contributed by atoms with Crippen LogP contribution in [0.4, 0.5) is 13.2 Å². The molecule has 0 saturated carbocycles. The number of ether oxygens (including phenoxy) is 3. The summed E-state index contributed by atoms with van der Waals surface area (Å²) in [5.41, 5.74) is 4.19. The average molecular weight is 490 g/mol. The van der Waals surface area contributed by atoms with E-state index in [0.29, 0.717) is 62.4 Å².